The van der Waals surface area contributed by atoms with E-state index < -0.39 is 38.4 Å². The number of rotatable bonds is 12. The minimum Gasteiger partial charge on any atom is -0.508 e. The van der Waals surface area contributed by atoms with Crippen LogP contribution in [0, 0.1) is 0 Å². The van der Waals surface area contributed by atoms with Crippen molar-refractivity contribution in [2.45, 2.75) is 24.7 Å². The number of benzene rings is 6. The highest BCUT2D eigenvalue weighted by Crippen LogP contribution is 2.82. The van der Waals surface area contributed by atoms with Crippen molar-refractivity contribution >= 4 is 15.7 Å². The molecule has 0 bridgehead atoms. The van der Waals surface area contributed by atoms with E-state index in [0.29, 0.717) is 28.7 Å². The number of nitrogens with zero attached hydrogens (tertiary/aromatic N) is 1. The first-order valence-corrected chi connectivity index (χ1v) is 20.7. The molecule has 6 aromatic carbocycles. The number of phenolic OH excluding ortho intramolecular Hbond substituents is 2. The lowest BCUT2D eigenvalue weighted by Gasteiger charge is -2.37. The van der Waals surface area contributed by atoms with Gasteiger partial charge >= 0.3 is 21.5 Å². The molecule has 0 aromatic heterocycles. The molecule has 5 atom stereocenters. The summed E-state index contributed by atoms with van der Waals surface area (Å²) in [7, 11) is -6.69. The molecule has 5 N–H and O–H groups in total. The maximum absolute atomic E-state index is 10.6. The molecule has 54 heavy (non-hydrogen) atoms. The average Bonchev–Trinajstić information content (AvgIpc) is 3.72. The number of quaternary nitrogens is 1. The van der Waals surface area contributed by atoms with Gasteiger partial charge in [-0.2, -0.15) is 0 Å². The highest BCUT2D eigenvalue weighted by Gasteiger charge is 2.90. The van der Waals surface area contributed by atoms with E-state index in [1.54, 1.807) is 12.1 Å². The van der Waals surface area contributed by atoms with Gasteiger partial charge in [0.2, 0.25) is 5.75 Å². The van der Waals surface area contributed by atoms with E-state index in [1.165, 1.54) is 18.2 Å². The standard InChI is InChI=1S/C40H37N4O8P2/c1-30-41-53(50-35-21-11-4-12-22-35)39(40(53)47-33-17-7-2-8-18-33)42-54(51-36-23-13-5-14-24-36,52-37-25-15-6-16-26-37)43-44(30,48-34-19-9-3-10-20-34)49-38-28-31(45)27-32(46)29-38/h2-30,39-43H,1H3/q+1/p+2. The Morgan fingerprint density at radius 2 is 0.926 bits per heavy atom. The fourth-order valence-electron chi connectivity index (χ4n) is 6.01. The van der Waals surface area contributed by atoms with Gasteiger partial charge < -0.3 is 19.5 Å². The van der Waals surface area contributed by atoms with Crippen LogP contribution in [-0.4, -0.2) is 32.9 Å². The molecule has 0 saturated carbocycles. The molecule has 0 spiro atoms. The van der Waals surface area contributed by atoms with Crippen LogP contribution in [0.3, 0.4) is 0 Å². The largest absolute Gasteiger partial charge is 0.578 e. The molecule has 5 unspecified atom stereocenters. The molecule has 6 aromatic rings. The van der Waals surface area contributed by atoms with Gasteiger partial charge in [0, 0.05) is 25.1 Å². The third-order valence-corrected chi connectivity index (χ3v) is 14.1. The van der Waals surface area contributed by atoms with Gasteiger partial charge in [-0.25, -0.2) is 9.68 Å². The maximum atomic E-state index is 10.6. The van der Waals surface area contributed by atoms with E-state index in [4.69, 9.17) is 28.0 Å². The Morgan fingerprint density at radius 1 is 0.500 bits per heavy atom. The van der Waals surface area contributed by atoms with Gasteiger partial charge in [-0.05, 0) is 60.7 Å². The van der Waals surface area contributed by atoms with Gasteiger partial charge in [-0.15, -0.1) is 0 Å². The number of aromatic hydroxyl groups is 2. The SMILES string of the molecule is CC1N[P+]2(Oc3ccccc3)C(N[P+](Oc3ccccc3)(Oc3ccccc3)N[N+]1(Oc1ccccc1)Oc1cc(O)cc(O)c1)C2Oc1ccccc1. The normalized spacial score (nSPS) is 24.1. The summed E-state index contributed by atoms with van der Waals surface area (Å²) in [4.78, 5) is 12.7. The zero-order valence-corrected chi connectivity index (χ0v) is 30.9. The second-order valence-corrected chi connectivity index (χ2v) is 17.4. The van der Waals surface area contributed by atoms with Crippen molar-refractivity contribution in [2.24, 2.45) is 0 Å². The molecule has 8 rings (SSSR count). The highest BCUT2D eigenvalue weighted by molar-refractivity contribution is 7.79. The quantitative estimate of drug-likeness (QED) is 0.0606. The van der Waals surface area contributed by atoms with E-state index in [-0.39, 0.29) is 17.2 Å². The Hall–Kier alpha value is -5.58. The fourth-order valence-corrected chi connectivity index (χ4v) is 12.6. The molecule has 2 heterocycles. The van der Waals surface area contributed by atoms with E-state index >= 15 is 0 Å². The lowest BCUT2D eigenvalue weighted by molar-refractivity contribution is -1.24. The predicted molar refractivity (Wildman–Crippen MR) is 206 cm³/mol. The molecule has 2 fully saturated rings. The average molecular weight is 766 g/mol. The van der Waals surface area contributed by atoms with Crippen LogP contribution in [-0.2, 0) is 0 Å². The molecule has 12 nitrogen and oxygen atoms in total. The van der Waals surface area contributed by atoms with Crippen molar-refractivity contribution in [3.63, 3.8) is 0 Å². The summed E-state index contributed by atoms with van der Waals surface area (Å²) in [5.41, 5.74) is 0. The molecule has 0 aliphatic carbocycles. The number of nitrogens with one attached hydrogen (secondary N) is 3. The Kier molecular flexibility index (Phi) is 9.87. The van der Waals surface area contributed by atoms with Crippen LogP contribution in [0.5, 0.6) is 46.0 Å². The fraction of sp³-hybridized carbons (Fsp3) is 0.100. The molecule has 0 radical (unpaired) electrons. The topological polar surface area (TPSA) is 132 Å². The molecule has 2 saturated heterocycles. The number of hydroxylamine groups is 2. The van der Waals surface area contributed by atoms with Crippen LogP contribution in [0.15, 0.2) is 170 Å². The van der Waals surface area contributed by atoms with Crippen molar-refractivity contribution < 1.29 is 43.1 Å². The van der Waals surface area contributed by atoms with Crippen molar-refractivity contribution in [1.82, 2.24) is 15.4 Å². The number of hydrogen-bond donors (Lipinski definition) is 5. The van der Waals surface area contributed by atoms with Crippen LogP contribution < -0.4 is 43.4 Å². The lowest BCUT2D eigenvalue weighted by Crippen LogP contribution is -2.72. The Bertz CT molecular complexity index is 2090. The number of ether oxygens (including phenoxy) is 1. The second-order valence-electron chi connectivity index (χ2n) is 12.6. The summed E-state index contributed by atoms with van der Waals surface area (Å²) in [6.07, 6.45) is -0.834. The number of para-hydroxylation sites is 5. The zero-order valence-electron chi connectivity index (χ0n) is 29.1. The number of hydrogen-bond acceptors (Lipinski definition) is 11. The first-order chi connectivity index (χ1) is 26.3. The van der Waals surface area contributed by atoms with Crippen molar-refractivity contribution in [1.29, 1.82) is 0 Å². The zero-order chi connectivity index (χ0) is 37.0. The molecular formula is C40H39N4O8P2+3. The van der Waals surface area contributed by atoms with Crippen molar-refractivity contribution in [3.05, 3.63) is 170 Å². The smallest absolute Gasteiger partial charge is 0.508 e. The first kappa shape index (κ1) is 35.4. The van der Waals surface area contributed by atoms with E-state index in [1.807, 2.05) is 146 Å². The lowest BCUT2D eigenvalue weighted by atomic mass is 10.3. The Morgan fingerprint density at radius 3 is 1.43 bits per heavy atom. The van der Waals surface area contributed by atoms with Gasteiger partial charge in [-0.3, -0.25) is 9.05 Å². The van der Waals surface area contributed by atoms with Gasteiger partial charge in [-0.1, -0.05) is 101 Å². The van der Waals surface area contributed by atoms with E-state index in [0.717, 1.165) is 0 Å². The molecule has 274 valence electrons. The summed E-state index contributed by atoms with van der Waals surface area (Å²) in [6.45, 7) is 1.87. The summed E-state index contributed by atoms with van der Waals surface area (Å²) in [5.74, 6) is 1.28. The number of phenols is 2. The van der Waals surface area contributed by atoms with E-state index in [9.17, 15) is 10.2 Å². The first-order valence-electron chi connectivity index (χ1n) is 17.3. The number of fused-ring (bicyclic) bond motifs is 1. The Labute approximate surface area is 314 Å². The molecule has 0 amide bonds. The molecule has 2 aliphatic rings. The van der Waals surface area contributed by atoms with Gasteiger partial charge in [0.1, 0.15) is 22.4 Å². The minimum absolute atomic E-state index is 0.0727. The van der Waals surface area contributed by atoms with Crippen molar-refractivity contribution in [2.75, 3.05) is 0 Å². The third-order valence-electron chi connectivity index (χ3n) is 8.50. The molecule has 14 heteroatoms. The van der Waals surface area contributed by atoms with Gasteiger partial charge in [0.15, 0.2) is 27.9 Å². The van der Waals surface area contributed by atoms with Crippen LogP contribution in [0.1, 0.15) is 6.92 Å². The highest BCUT2D eigenvalue weighted by atomic mass is 31.2. The van der Waals surface area contributed by atoms with Gasteiger partial charge in [0.25, 0.3) is 11.9 Å². The third kappa shape index (κ3) is 7.71. The minimum atomic E-state index is -3.74. The monoisotopic (exact) mass is 765 g/mol. The second kappa shape index (κ2) is 15.0. The van der Waals surface area contributed by atoms with Crippen LogP contribution in [0.25, 0.3) is 0 Å². The summed E-state index contributed by atoms with van der Waals surface area (Å²) < 4.78 is 27.7. The van der Waals surface area contributed by atoms with Crippen LogP contribution in [0.2, 0.25) is 0 Å². The van der Waals surface area contributed by atoms with Gasteiger partial charge in [0.05, 0.1) is 0 Å². The molecule has 2 aliphatic heterocycles. The molecular weight excluding hydrogens is 726 g/mol. The van der Waals surface area contributed by atoms with Crippen LogP contribution >= 0.6 is 15.7 Å². The predicted octanol–water partition coefficient (Wildman–Crippen LogP) is 8.75. The van der Waals surface area contributed by atoms with Crippen molar-refractivity contribution in [3.8, 4) is 46.0 Å². The maximum Gasteiger partial charge on any atom is 0.578 e. The summed E-state index contributed by atoms with van der Waals surface area (Å²) in [5, 5.41) is 32.1. The Balaban J connectivity index is 1.34. The summed E-state index contributed by atoms with van der Waals surface area (Å²) in [6, 6.07) is 50.7. The van der Waals surface area contributed by atoms with E-state index in [2.05, 4.69) is 15.4 Å². The summed E-state index contributed by atoms with van der Waals surface area (Å²) >= 11 is 0. The van der Waals surface area contributed by atoms with Crippen LogP contribution in [0.4, 0.5) is 0 Å².